The summed E-state index contributed by atoms with van der Waals surface area (Å²) in [6.07, 6.45) is 2.56. The molecule has 0 radical (unpaired) electrons. The molecule has 1 saturated carbocycles. The number of benzene rings is 2. The van der Waals surface area contributed by atoms with Crippen molar-refractivity contribution in [2.75, 3.05) is 4.90 Å². The maximum atomic E-state index is 12.8. The van der Waals surface area contributed by atoms with Gasteiger partial charge >= 0.3 is 0 Å². The first-order valence-corrected chi connectivity index (χ1v) is 9.84. The van der Waals surface area contributed by atoms with Crippen molar-refractivity contribution in [1.82, 2.24) is 5.32 Å². The van der Waals surface area contributed by atoms with Gasteiger partial charge in [0.2, 0.25) is 11.8 Å². The lowest BCUT2D eigenvalue weighted by Gasteiger charge is -2.25. The lowest BCUT2D eigenvalue weighted by atomic mass is 9.76. The predicted octanol–water partition coefficient (Wildman–Crippen LogP) is 3.54. The van der Waals surface area contributed by atoms with Crippen LogP contribution in [0.25, 0.3) is 0 Å². The van der Waals surface area contributed by atoms with Crippen LogP contribution in [0.1, 0.15) is 42.1 Å². The summed E-state index contributed by atoms with van der Waals surface area (Å²) in [5.74, 6) is -0.265. The van der Waals surface area contributed by atoms with Gasteiger partial charge in [-0.15, -0.1) is 0 Å². The maximum Gasteiger partial charge on any atom is 0.251 e. The Kier molecular flexibility index (Phi) is 4.99. The fourth-order valence-corrected chi connectivity index (χ4v) is 4.29. The van der Waals surface area contributed by atoms with E-state index in [2.05, 4.69) is 12.2 Å². The van der Waals surface area contributed by atoms with E-state index in [0.717, 1.165) is 24.8 Å². The van der Waals surface area contributed by atoms with Crippen LogP contribution < -0.4 is 10.2 Å². The van der Waals surface area contributed by atoms with Gasteiger partial charge in [-0.3, -0.25) is 19.3 Å². The summed E-state index contributed by atoms with van der Waals surface area (Å²) < 4.78 is 0. The minimum atomic E-state index is -0.190. The molecule has 0 aromatic heterocycles. The molecule has 2 aromatic carbocycles. The van der Waals surface area contributed by atoms with E-state index in [1.165, 1.54) is 4.90 Å². The number of imide groups is 1. The lowest BCUT2D eigenvalue weighted by Crippen LogP contribution is -2.31. The molecule has 0 bridgehead atoms. The van der Waals surface area contributed by atoms with E-state index in [-0.39, 0.29) is 29.6 Å². The van der Waals surface area contributed by atoms with Gasteiger partial charge in [0.25, 0.3) is 5.91 Å². The van der Waals surface area contributed by atoms with Crippen molar-refractivity contribution in [3.63, 3.8) is 0 Å². The van der Waals surface area contributed by atoms with Crippen LogP contribution in [0.5, 0.6) is 0 Å². The summed E-state index contributed by atoms with van der Waals surface area (Å²) in [7, 11) is 0. The molecule has 1 aliphatic carbocycles. The van der Waals surface area contributed by atoms with Gasteiger partial charge in [-0.25, -0.2) is 0 Å². The average Bonchev–Trinajstić information content (AvgIpc) is 2.97. The van der Waals surface area contributed by atoms with Crippen LogP contribution in [0, 0.1) is 17.8 Å². The molecule has 5 nitrogen and oxygen atoms in total. The number of amides is 3. The number of carbonyl (C=O) groups excluding carboxylic acids is 3. The zero-order chi connectivity index (χ0) is 19.7. The summed E-state index contributed by atoms with van der Waals surface area (Å²) in [4.78, 5) is 39.2. The van der Waals surface area contributed by atoms with Crippen LogP contribution in [0.3, 0.4) is 0 Å². The number of fused-ring (bicyclic) bond motifs is 1. The summed E-state index contributed by atoms with van der Waals surface area (Å²) in [5, 5.41) is 2.88. The third kappa shape index (κ3) is 3.44. The van der Waals surface area contributed by atoms with Crippen LogP contribution in [-0.2, 0) is 16.1 Å². The molecule has 0 spiro atoms. The molecule has 144 valence electrons. The highest BCUT2D eigenvalue weighted by Crippen LogP contribution is 2.42. The highest BCUT2D eigenvalue weighted by Gasteiger charge is 2.49. The Labute approximate surface area is 164 Å². The van der Waals surface area contributed by atoms with E-state index in [1.807, 2.05) is 30.3 Å². The van der Waals surface area contributed by atoms with Crippen molar-refractivity contribution in [1.29, 1.82) is 0 Å². The van der Waals surface area contributed by atoms with E-state index in [1.54, 1.807) is 24.3 Å². The number of anilines is 1. The van der Waals surface area contributed by atoms with Gasteiger partial charge in [0.15, 0.2) is 0 Å². The number of nitrogens with one attached hydrogen (secondary N) is 1. The molecule has 1 N–H and O–H groups in total. The van der Waals surface area contributed by atoms with Gasteiger partial charge in [-0.1, -0.05) is 37.3 Å². The molecule has 2 aliphatic rings. The van der Waals surface area contributed by atoms with Crippen molar-refractivity contribution in [3.8, 4) is 0 Å². The molecule has 2 fully saturated rings. The smallest absolute Gasteiger partial charge is 0.251 e. The quantitative estimate of drug-likeness (QED) is 0.830. The third-order valence-corrected chi connectivity index (χ3v) is 5.87. The second-order valence-corrected chi connectivity index (χ2v) is 7.86. The zero-order valence-electron chi connectivity index (χ0n) is 15.9. The summed E-state index contributed by atoms with van der Waals surface area (Å²) in [6.45, 7) is 2.59. The largest absolute Gasteiger partial charge is 0.348 e. The Morgan fingerprint density at radius 1 is 0.964 bits per heavy atom. The van der Waals surface area contributed by atoms with Gasteiger partial charge in [0.05, 0.1) is 17.5 Å². The SMILES string of the molecule is C[C@@H]1CC[C@@H]2C(=O)N(c3ccc(C(=O)NCc4ccccc4)cc3)C(=O)[C@@H]2C1. The van der Waals surface area contributed by atoms with Gasteiger partial charge in [0, 0.05) is 12.1 Å². The second-order valence-electron chi connectivity index (χ2n) is 7.86. The normalized spacial score (nSPS) is 24.2. The summed E-state index contributed by atoms with van der Waals surface area (Å²) in [6, 6.07) is 16.4. The van der Waals surface area contributed by atoms with E-state index in [4.69, 9.17) is 0 Å². The van der Waals surface area contributed by atoms with Gasteiger partial charge in [-0.2, -0.15) is 0 Å². The first-order chi connectivity index (χ1) is 13.5. The predicted molar refractivity (Wildman–Crippen MR) is 107 cm³/mol. The highest BCUT2D eigenvalue weighted by molar-refractivity contribution is 6.22. The minimum Gasteiger partial charge on any atom is -0.348 e. The Hall–Kier alpha value is -2.95. The first-order valence-electron chi connectivity index (χ1n) is 9.84. The molecule has 28 heavy (non-hydrogen) atoms. The summed E-state index contributed by atoms with van der Waals surface area (Å²) in [5.41, 5.74) is 2.08. The fourth-order valence-electron chi connectivity index (χ4n) is 4.29. The van der Waals surface area contributed by atoms with Crippen molar-refractivity contribution < 1.29 is 14.4 Å². The van der Waals surface area contributed by atoms with Crippen molar-refractivity contribution in [2.24, 2.45) is 17.8 Å². The maximum absolute atomic E-state index is 12.8. The molecular weight excluding hydrogens is 352 g/mol. The Morgan fingerprint density at radius 2 is 1.64 bits per heavy atom. The van der Waals surface area contributed by atoms with E-state index in [9.17, 15) is 14.4 Å². The number of rotatable bonds is 4. The Balaban J connectivity index is 1.45. The molecule has 1 heterocycles. The molecule has 3 atom stereocenters. The van der Waals surface area contributed by atoms with Gasteiger partial charge in [0.1, 0.15) is 0 Å². The van der Waals surface area contributed by atoms with Gasteiger partial charge in [-0.05, 0) is 55.0 Å². The Morgan fingerprint density at radius 3 is 2.36 bits per heavy atom. The molecule has 1 saturated heterocycles. The molecule has 4 rings (SSSR count). The zero-order valence-corrected chi connectivity index (χ0v) is 15.9. The molecule has 2 aromatic rings. The second kappa shape index (κ2) is 7.58. The van der Waals surface area contributed by atoms with E-state index in [0.29, 0.717) is 23.7 Å². The highest BCUT2D eigenvalue weighted by atomic mass is 16.2. The average molecular weight is 376 g/mol. The van der Waals surface area contributed by atoms with Gasteiger partial charge < -0.3 is 5.32 Å². The summed E-state index contributed by atoms with van der Waals surface area (Å²) >= 11 is 0. The minimum absolute atomic E-state index is 0.0943. The van der Waals surface area contributed by atoms with E-state index < -0.39 is 0 Å². The molecule has 5 heteroatoms. The number of nitrogens with zero attached hydrogens (tertiary/aromatic N) is 1. The topological polar surface area (TPSA) is 66.5 Å². The van der Waals surface area contributed by atoms with Crippen molar-refractivity contribution in [3.05, 3.63) is 65.7 Å². The van der Waals surface area contributed by atoms with Crippen LogP contribution in [0.2, 0.25) is 0 Å². The third-order valence-electron chi connectivity index (χ3n) is 5.87. The number of carbonyl (C=O) groups is 3. The number of hydrogen-bond donors (Lipinski definition) is 1. The van der Waals surface area contributed by atoms with Crippen LogP contribution >= 0.6 is 0 Å². The molecule has 0 unspecified atom stereocenters. The molecule has 1 aliphatic heterocycles. The lowest BCUT2D eigenvalue weighted by molar-refractivity contribution is -0.122. The standard InChI is InChI=1S/C23H24N2O3/c1-15-7-12-19-20(13-15)23(28)25(22(19)27)18-10-8-17(9-11-18)21(26)24-14-16-5-3-2-4-6-16/h2-6,8-11,15,19-20H,7,12-14H2,1H3,(H,24,26)/t15-,19+,20-/m1/s1. The first kappa shape index (κ1) is 18.4. The van der Waals surface area contributed by atoms with Crippen LogP contribution in [-0.4, -0.2) is 17.7 Å². The van der Waals surface area contributed by atoms with E-state index >= 15 is 0 Å². The number of hydrogen-bond acceptors (Lipinski definition) is 3. The van der Waals surface area contributed by atoms with Crippen molar-refractivity contribution in [2.45, 2.75) is 32.7 Å². The fraction of sp³-hybridized carbons (Fsp3) is 0.348. The Bertz CT molecular complexity index is 892. The van der Waals surface area contributed by atoms with Crippen LogP contribution in [0.15, 0.2) is 54.6 Å². The molecule has 3 amide bonds. The molecular formula is C23H24N2O3. The van der Waals surface area contributed by atoms with Crippen LogP contribution in [0.4, 0.5) is 5.69 Å². The van der Waals surface area contributed by atoms with Crippen molar-refractivity contribution >= 4 is 23.4 Å². The monoisotopic (exact) mass is 376 g/mol.